The van der Waals surface area contributed by atoms with Crippen LogP contribution in [0.2, 0.25) is 0 Å². The summed E-state index contributed by atoms with van der Waals surface area (Å²) in [4.78, 5) is 2.83. The third-order valence-corrected chi connectivity index (χ3v) is 7.15. The third-order valence-electron chi connectivity index (χ3n) is 7.15. The summed E-state index contributed by atoms with van der Waals surface area (Å²) >= 11 is 0. The fourth-order valence-electron chi connectivity index (χ4n) is 5.88. The molecular weight excluding hydrogens is 314 g/mol. The molecule has 0 N–H and O–H groups in total. The van der Waals surface area contributed by atoms with E-state index in [1.54, 1.807) is 0 Å². The number of benzene rings is 2. The lowest BCUT2D eigenvalue weighted by molar-refractivity contribution is 0.0325. The smallest absolute Gasteiger partial charge is 0.0403 e. The number of nitrogens with zero attached hydrogens (tertiary/aromatic N) is 1. The Labute approximate surface area is 157 Å². The summed E-state index contributed by atoms with van der Waals surface area (Å²) in [5, 5.41) is 0. The van der Waals surface area contributed by atoms with Crippen LogP contribution in [0, 0.1) is 5.92 Å². The van der Waals surface area contributed by atoms with Crippen LogP contribution < -0.4 is 0 Å². The minimum atomic E-state index is 0.260. The number of hydrogen-bond donors (Lipinski definition) is 0. The fraction of sp³-hybridized carbons (Fsp3) is 0.440. The van der Waals surface area contributed by atoms with Gasteiger partial charge in [0.15, 0.2) is 0 Å². The van der Waals surface area contributed by atoms with Crippen molar-refractivity contribution in [2.24, 2.45) is 5.92 Å². The predicted octanol–water partition coefficient (Wildman–Crippen LogP) is 5.76. The first-order valence-corrected chi connectivity index (χ1v) is 10.4. The van der Waals surface area contributed by atoms with Crippen molar-refractivity contribution in [2.75, 3.05) is 13.1 Å². The van der Waals surface area contributed by atoms with Gasteiger partial charge in [0.25, 0.3) is 0 Å². The Hall–Kier alpha value is -1.86. The van der Waals surface area contributed by atoms with Gasteiger partial charge < -0.3 is 0 Å². The van der Waals surface area contributed by atoms with Crippen molar-refractivity contribution in [3.8, 4) is 0 Å². The van der Waals surface area contributed by atoms with Gasteiger partial charge in [-0.25, -0.2) is 0 Å². The zero-order valence-corrected chi connectivity index (χ0v) is 15.6. The van der Waals surface area contributed by atoms with Crippen molar-refractivity contribution in [1.29, 1.82) is 0 Å². The van der Waals surface area contributed by atoms with Crippen molar-refractivity contribution in [3.63, 3.8) is 0 Å². The van der Waals surface area contributed by atoms with Crippen LogP contribution in [0.4, 0.5) is 0 Å². The van der Waals surface area contributed by atoms with Crippen LogP contribution in [-0.4, -0.2) is 23.5 Å². The monoisotopic (exact) mass is 343 g/mol. The molecule has 2 unspecified atom stereocenters. The minimum Gasteiger partial charge on any atom is -0.294 e. The quantitative estimate of drug-likeness (QED) is 0.641. The molecule has 2 bridgehead atoms. The topological polar surface area (TPSA) is 3.24 Å². The molecule has 0 aromatic heterocycles. The molecule has 1 saturated carbocycles. The first kappa shape index (κ1) is 16.3. The number of likely N-dealkylation sites (tertiary alicyclic amines) is 1. The predicted molar refractivity (Wildman–Crippen MR) is 108 cm³/mol. The van der Waals surface area contributed by atoms with Gasteiger partial charge in [0.05, 0.1) is 0 Å². The zero-order chi connectivity index (χ0) is 17.4. The number of allylic oxidation sites excluding steroid dienone is 1. The molecule has 1 heteroatoms. The summed E-state index contributed by atoms with van der Waals surface area (Å²) in [6.07, 6.45) is 11.9. The fourth-order valence-corrected chi connectivity index (χ4v) is 5.88. The zero-order valence-electron chi connectivity index (χ0n) is 15.6. The maximum atomic E-state index is 2.83. The van der Waals surface area contributed by atoms with Crippen LogP contribution >= 0.6 is 0 Å². The van der Waals surface area contributed by atoms with Gasteiger partial charge in [0.1, 0.15) is 0 Å². The Bertz CT molecular complexity index is 708. The molecule has 4 aliphatic rings. The lowest BCUT2D eigenvalue weighted by Crippen LogP contribution is -2.57. The molecule has 2 aromatic carbocycles. The number of fused-ring (bicyclic) bond motifs is 2. The lowest BCUT2D eigenvalue weighted by atomic mass is 9.56. The van der Waals surface area contributed by atoms with Gasteiger partial charge in [-0.15, -0.1) is 0 Å². The van der Waals surface area contributed by atoms with Gasteiger partial charge in [-0.2, -0.15) is 0 Å². The second-order valence-electron chi connectivity index (χ2n) is 8.53. The number of piperidine rings is 1. The molecule has 1 saturated heterocycles. The van der Waals surface area contributed by atoms with E-state index in [0.717, 1.165) is 0 Å². The van der Waals surface area contributed by atoms with Gasteiger partial charge >= 0.3 is 0 Å². The summed E-state index contributed by atoms with van der Waals surface area (Å²) < 4.78 is 0. The molecule has 2 aromatic rings. The average molecular weight is 344 g/mol. The molecule has 0 spiro atoms. The molecule has 26 heavy (non-hydrogen) atoms. The van der Waals surface area contributed by atoms with Crippen molar-refractivity contribution >= 4 is 0 Å². The van der Waals surface area contributed by atoms with Crippen molar-refractivity contribution in [3.05, 3.63) is 83.9 Å². The summed E-state index contributed by atoms with van der Waals surface area (Å²) in [7, 11) is 0. The molecule has 2 fully saturated rings. The molecule has 2 atom stereocenters. The second kappa shape index (κ2) is 6.70. The van der Waals surface area contributed by atoms with E-state index in [4.69, 9.17) is 0 Å². The highest BCUT2D eigenvalue weighted by molar-refractivity contribution is 5.37. The summed E-state index contributed by atoms with van der Waals surface area (Å²) in [5.41, 5.74) is 3.32. The largest absolute Gasteiger partial charge is 0.294 e. The standard InChI is InChI=1S/C25H29N/c1-4-10-20(11-5-1)23-18-25(26-16-8-3-9-17-26)15-14-22(23)24(19-25)21-12-6-2-7-13-21/h1-2,4-7,10-15,22-24H,3,8-9,16-19H2. The van der Waals surface area contributed by atoms with E-state index in [1.807, 2.05) is 0 Å². The van der Waals surface area contributed by atoms with Crippen LogP contribution in [0.1, 0.15) is 55.1 Å². The first-order chi connectivity index (χ1) is 12.9. The van der Waals surface area contributed by atoms with E-state index in [1.165, 1.54) is 56.3 Å². The first-order valence-electron chi connectivity index (χ1n) is 10.4. The molecule has 1 heterocycles. The second-order valence-corrected chi connectivity index (χ2v) is 8.53. The molecule has 1 nitrogen and oxygen atoms in total. The Balaban J connectivity index is 1.56. The van der Waals surface area contributed by atoms with E-state index in [0.29, 0.717) is 17.8 Å². The summed E-state index contributed by atoms with van der Waals surface area (Å²) in [6.45, 7) is 2.55. The Morgan fingerprint density at radius 2 is 1.23 bits per heavy atom. The number of hydrogen-bond acceptors (Lipinski definition) is 1. The lowest BCUT2D eigenvalue weighted by Gasteiger charge is -2.56. The summed E-state index contributed by atoms with van der Waals surface area (Å²) in [6, 6.07) is 22.6. The maximum absolute atomic E-state index is 2.83. The van der Waals surface area contributed by atoms with Crippen molar-refractivity contribution in [1.82, 2.24) is 4.90 Å². The van der Waals surface area contributed by atoms with Crippen LogP contribution in [0.3, 0.4) is 0 Å². The van der Waals surface area contributed by atoms with Crippen LogP contribution in [-0.2, 0) is 0 Å². The third kappa shape index (κ3) is 2.74. The van der Waals surface area contributed by atoms with Gasteiger partial charge in [0.2, 0.25) is 0 Å². The van der Waals surface area contributed by atoms with E-state index < -0.39 is 0 Å². The normalized spacial score (nSPS) is 34.1. The van der Waals surface area contributed by atoms with Gasteiger partial charge in [0, 0.05) is 5.54 Å². The van der Waals surface area contributed by atoms with E-state index >= 15 is 0 Å². The Kier molecular flexibility index (Phi) is 4.21. The van der Waals surface area contributed by atoms with Crippen LogP contribution in [0.25, 0.3) is 0 Å². The molecule has 0 radical (unpaired) electrons. The molecule has 134 valence electrons. The van der Waals surface area contributed by atoms with Crippen molar-refractivity contribution < 1.29 is 0 Å². The van der Waals surface area contributed by atoms with Gasteiger partial charge in [-0.05, 0) is 67.7 Å². The highest BCUT2D eigenvalue weighted by Gasteiger charge is 2.50. The highest BCUT2D eigenvalue weighted by atomic mass is 15.2. The summed E-state index contributed by atoms with van der Waals surface area (Å²) in [5.74, 6) is 1.91. The van der Waals surface area contributed by atoms with E-state index in [9.17, 15) is 0 Å². The van der Waals surface area contributed by atoms with Crippen molar-refractivity contribution in [2.45, 2.75) is 49.5 Å². The Morgan fingerprint density at radius 3 is 1.77 bits per heavy atom. The van der Waals surface area contributed by atoms with E-state index in [-0.39, 0.29) is 5.54 Å². The van der Waals surface area contributed by atoms with Crippen LogP contribution in [0.15, 0.2) is 72.8 Å². The average Bonchev–Trinajstić information content (AvgIpc) is 2.76. The number of rotatable bonds is 3. The SMILES string of the molecule is C1=CC2(N3CCCCC3)CC(c3ccccc3)C1C(c1ccccc1)C2. The Morgan fingerprint density at radius 1 is 0.692 bits per heavy atom. The molecule has 3 aliphatic carbocycles. The molecule has 1 aliphatic heterocycles. The van der Waals surface area contributed by atoms with E-state index in [2.05, 4.69) is 77.7 Å². The maximum Gasteiger partial charge on any atom is 0.0403 e. The van der Waals surface area contributed by atoms with Crippen LogP contribution in [0.5, 0.6) is 0 Å². The molecule has 0 amide bonds. The van der Waals surface area contributed by atoms with Gasteiger partial charge in [-0.1, -0.05) is 79.2 Å². The highest BCUT2D eigenvalue weighted by Crippen LogP contribution is 2.56. The van der Waals surface area contributed by atoms with Gasteiger partial charge in [-0.3, -0.25) is 4.90 Å². The molecule has 6 rings (SSSR count). The molecular formula is C25H29N. The minimum absolute atomic E-state index is 0.260.